The quantitative estimate of drug-likeness (QED) is 0.806. The van der Waals surface area contributed by atoms with Crippen LogP contribution in [0.4, 0.5) is 0 Å². The molecule has 7 nitrogen and oxygen atoms in total. The first kappa shape index (κ1) is 11.1. The Balaban J connectivity index is 2.06. The van der Waals surface area contributed by atoms with E-state index in [-0.39, 0.29) is 17.1 Å². The van der Waals surface area contributed by atoms with Crippen molar-refractivity contribution in [1.82, 2.24) is 14.8 Å². The van der Waals surface area contributed by atoms with Crippen molar-refractivity contribution in [1.29, 1.82) is 0 Å². The zero-order valence-electron chi connectivity index (χ0n) is 9.24. The molecule has 1 unspecified atom stereocenters. The molecule has 1 atom stereocenters. The van der Waals surface area contributed by atoms with Gasteiger partial charge in [0.1, 0.15) is 5.82 Å². The minimum Gasteiger partial charge on any atom is -0.381 e. The van der Waals surface area contributed by atoms with E-state index in [1.165, 1.54) is 0 Å². The molecule has 1 saturated heterocycles. The largest absolute Gasteiger partial charge is 0.381 e. The van der Waals surface area contributed by atoms with E-state index in [9.17, 15) is 8.42 Å². The zero-order chi connectivity index (χ0) is 12.0. The maximum absolute atomic E-state index is 11.4. The molecule has 1 aliphatic heterocycles. The molecule has 0 spiro atoms. The molecule has 2 N–H and O–H groups in total. The Labute approximate surface area is 99.0 Å². The van der Waals surface area contributed by atoms with E-state index < -0.39 is 10.0 Å². The molecular weight excluding hydrogens is 244 g/mol. The number of hydrogen-bond acceptors (Lipinski definition) is 5. The second-order valence-corrected chi connectivity index (χ2v) is 6.00. The maximum Gasteiger partial charge on any atom is 0.273 e. The molecule has 94 valence electrons. The Bertz CT molecular complexity index is 528. The van der Waals surface area contributed by atoms with Gasteiger partial charge in [0.05, 0.1) is 6.61 Å². The molecule has 2 aliphatic rings. The van der Waals surface area contributed by atoms with Crippen LogP contribution in [0.1, 0.15) is 37.0 Å². The van der Waals surface area contributed by atoms with Crippen molar-refractivity contribution >= 4 is 10.0 Å². The van der Waals surface area contributed by atoms with Gasteiger partial charge >= 0.3 is 0 Å². The number of sulfonamides is 1. The molecule has 1 aliphatic carbocycles. The van der Waals surface area contributed by atoms with E-state index in [4.69, 9.17) is 9.88 Å². The van der Waals surface area contributed by atoms with Gasteiger partial charge in [-0.25, -0.2) is 13.6 Å². The minimum atomic E-state index is -3.80. The first-order chi connectivity index (χ1) is 8.07. The fourth-order valence-electron chi connectivity index (χ4n) is 2.17. The third-order valence-corrected chi connectivity index (χ3v) is 3.94. The van der Waals surface area contributed by atoms with Crippen LogP contribution in [0.5, 0.6) is 0 Å². The van der Waals surface area contributed by atoms with Crippen LogP contribution in [0.3, 0.4) is 0 Å². The average Bonchev–Trinajstić information content (AvgIpc) is 2.81. The normalized spacial score (nSPS) is 25.4. The van der Waals surface area contributed by atoms with E-state index in [1.807, 2.05) is 0 Å². The van der Waals surface area contributed by atoms with E-state index >= 15 is 0 Å². The van der Waals surface area contributed by atoms with Gasteiger partial charge in [-0.15, -0.1) is 10.2 Å². The van der Waals surface area contributed by atoms with Crippen molar-refractivity contribution in [3.05, 3.63) is 5.82 Å². The monoisotopic (exact) mass is 258 g/mol. The lowest BCUT2D eigenvalue weighted by Crippen LogP contribution is -2.19. The van der Waals surface area contributed by atoms with E-state index in [1.54, 1.807) is 4.57 Å². The number of rotatable bonds is 3. The summed E-state index contributed by atoms with van der Waals surface area (Å²) in [6.45, 7) is 1.27. The Morgan fingerprint density at radius 1 is 1.29 bits per heavy atom. The summed E-state index contributed by atoms with van der Waals surface area (Å²) in [6, 6.07) is 0.189. The van der Waals surface area contributed by atoms with E-state index in [0.717, 1.165) is 19.3 Å². The van der Waals surface area contributed by atoms with E-state index in [0.29, 0.717) is 19.0 Å². The second kappa shape index (κ2) is 3.76. The number of primary sulfonamides is 1. The third-order valence-electron chi connectivity index (χ3n) is 3.15. The Hall–Kier alpha value is -0.990. The maximum atomic E-state index is 11.4. The van der Waals surface area contributed by atoms with Gasteiger partial charge in [0.25, 0.3) is 15.2 Å². The Morgan fingerprint density at radius 2 is 2.06 bits per heavy atom. The molecule has 0 radical (unpaired) electrons. The number of hydrogen-bond donors (Lipinski definition) is 1. The predicted octanol–water partition coefficient (Wildman–Crippen LogP) is -0.236. The van der Waals surface area contributed by atoms with Gasteiger partial charge in [-0.3, -0.25) is 4.57 Å². The average molecular weight is 258 g/mol. The lowest BCUT2D eigenvalue weighted by molar-refractivity contribution is 0.192. The highest BCUT2D eigenvalue weighted by molar-refractivity contribution is 7.89. The fourth-order valence-corrected chi connectivity index (χ4v) is 2.85. The molecule has 2 heterocycles. The van der Waals surface area contributed by atoms with Crippen LogP contribution in [0.25, 0.3) is 0 Å². The van der Waals surface area contributed by atoms with Gasteiger partial charge in [0.15, 0.2) is 0 Å². The highest BCUT2D eigenvalue weighted by Crippen LogP contribution is 2.39. The molecule has 1 aromatic heterocycles. The molecule has 2 fully saturated rings. The number of nitrogens with zero attached hydrogens (tertiary/aromatic N) is 3. The van der Waals surface area contributed by atoms with Crippen LogP contribution >= 0.6 is 0 Å². The first-order valence-electron chi connectivity index (χ1n) is 5.62. The summed E-state index contributed by atoms with van der Waals surface area (Å²) < 4.78 is 29.9. The number of nitrogens with two attached hydrogens (primary N) is 1. The summed E-state index contributed by atoms with van der Waals surface area (Å²) in [5.74, 6) is 0.840. The standard InChI is InChI=1S/C9H14N4O3S/c10-17(14,15)9-12-11-8(6-3-4-16-5-6)13(9)7-1-2-7/h6-7H,1-5H2,(H2,10,14,15). The third kappa shape index (κ3) is 1.96. The number of aromatic nitrogens is 3. The van der Waals surface area contributed by atoms with Crippen molar-refractivity contribution in [2.75, 3.05) is 13.2 Å². The van der Waals surface area contributed by atoms with Crippen LogP contribution in [0.2, 0.25) is 0 Å². The van der Waals surface area contributed by atoms with Crippen molar-refractivity contribution < 1.29 is 13.2 Å². The fraction of sp³-hybridized carbons (Fsp3) is 0.778. The van der Waals surface area contributed by atoms with Crippen molar-refractivity contribution in [2.24, 2.45) is 5.14 Å². The molecule has 0 aromatic carbocycles. The summed E-state index contributed by atoms with van der Waals surface area (Å²) in [5, 5.41) is 12.8. The topological polar surface area (TPSA) is 100 Å². The molecule has 1 saturated carbocycles. The Kier molecular flexibility index (Phi) is 2.46. The van der Waals surface area contributed by atoms with Gasteiger partial charge < -0.3 is 4.74 Å². The predicted molar refractivity (Wildman–Crippen MR) is 57.8 cm³/mol. The van der Waals surface area contributed by atoms with Crippen LogP contribution < -0.4 is 5.14 Å². The van der Waals surface area contributed by atoms with Crippen molar-refractivity contribution in [2.45, 2.75) is 36.4 Å². The summed E-state index contributed by atoms with van der Waals surface area (Å²) in [4.78, 5) is 0. The van der Waals surface area contributed by atoms with Crippen LogP contribution in [0.15, 0.2) is 5.16 Å². The molecule has 3 rings (SSSR count). The number of ether oxygens (including phenoxy) is 1. The highest BCUT2D eigenvalue weighted by Gasteiger charge is 2.36. The van der Waals surface area contributed by atoms with Gasteiger partial charge in [-0.2, -0.15) is 0 Å². The molecule has 17 heavy (non-hydrogen) atoms. The minimum absolute atomic E-state index is 0.109. The van der Waals surface area contributed by atoms with Crippen molar-refractivity contribution in [3.8, 4) is 0 Å². The molecular formula is C9H14N4O3S. The molecule has 8 heteroatoms. The lowest BCUT2D eigenvalue weighted by Gasteiger charge is -2.10. The first-order valence-corrected chi connectivity index (χ1v) is 7.17. The summed E-state index contributed by atoms with van der Waals surface area (Å²) in [7, 11) is -3.80. The summed E-state index contributed by atoms with van der Waals surface area (Å²) in [6.07, 6.45) is 2.78. The van der Waals surface area contributed by atoms with E-state index in [2.05, 4.69) is 10.2 Å². The van der Waals surface area contributed by atoms with Crippen LogP contribution in [-0.4, -0.2) is 36.4 Å². The SMILES string of the molecule is NS(=O)(=O)c1nnc(C2CCOC2)n1C1CC1. The molecule has 0 amide bonds. The van der Waals surface area contributed by atoms with Crippen molar-refractivity contribution in [3.63, 3.8) is 0 Å². The molecule has 0 bridgehead atoms. The van der Waals surface area contributed by atoms with Gasteiger partial charge in [0, 0.05) is 18.6 Å². The summed E-state index contributed by atoms with van der Waals surface area (Å²) in [5.41, 5.74) is 0. The van der Waals surface area contributed by atoms with Gasteiger partial charge in [0.2, 0.25) is 0 Å². The zero-order valence-corrected chi connectivity index (χ0v) is 10.1. The highest BCUT2D eigenvalue weighted by atomic mass is 32.2. The van der Waals surface area contributed by atoms with Gasteiger partial charge in [-0.1, -0.05) is 0 Å². The van der Waals surface area contributed by atoms with Crippen LogP contribution in [-0.2, 0) is 14.8 Å². The van der Waals surface area contributed by atoms with Gasteiger partial charge in [-0.05, 0) is 19.3 Å². The molecule has 1 aromatic rings. The summed E-state index contributed by atoms with van der Waals surface area (Å²) >= 11 is 0. The lowest BCUT2D eigenvalue weighted by atomic mass is 10.1. The smallest absolute Gasteiger partial charge is 0.273 e. The second-order valence-electron chi connectivity index (χ2n) is 4.55. The Morgan fingerprint density at radius 3 is 2.59 bits per heavy atom. The van der Waals surface area contributed by atoms with Crippen LogP contribution in [0, 0.1) is 0 Å².